The molecule has 0 bridgehead atoms. The van der Waals surface area contributed by atoms with Crippen LogP contribution in [0.3, 0.4) is 0 Å². The summed E-state index contributed by atoms with van der Waals surface area (Å²) in [6.45, 7) is 2.39. The van der Waals surface area contributed by atoms with E-state index in [4.69, 9.17) is 5.26 Å². The highest BCUT2D eigenvalue weighted by Gasteiger charge is 2.09. The van der Waals surface area contributed by atoms with Crippen LogP contribution in [0.2, 0.25) is 0 Å². The molecule has 1 unspecified atom stereocenters. The van der Waals surface area contributed by atoms with E-state index in [-0.39, 0.29) is 11.6 Å². The van der Waals surface area contributed by atoms with Crippen LogP contribution in [0.5, 0.6) is 0 Å². The molecule has 2 heterocycles. The summed E-state index contributed by atoms with van der Waals surface area (Å²) >= 11 is 0. The highest BCUT2D eigenvalue weighted by Crippen LogP contribution is 2.10. The van der Waals surface area contributed by atoms with E-state index in [9.17, 15) is 4.79 Å². The molecule has 0 amide bonds. The Morgan fingerprint density at radius 2 is 2.41 bits per heavy atom. The molecule has 0 fully saturated rings. The Morgan fingerprint density at radius 1 is 1.65 bits per heavy atom. The van der Waals surface area contributed by atoms with Crippen LogP contribution in [-0.4, -0.2) is 33.4 Å². The van der Waals surface area contributed by atoms with Crippen LogP contribution < -0.4 is 10.6 Å². The average molecular weight is 232 g/mol. The van der Waals surface area contributed by atoms with E-state index in [1.165, 1.54) is 4.52 Å². The predicted octanol–water partition coefficient (Wildman–Crippen LogP) is 0.0135. The largest absolute Gasteiger partial charge is 0.364 e. The summed E-state index contributed by atoms with van der Waals surface area (Å²) in [5, 5.41) is 19.0. The van der Waals surface area contributed by atoms with Crippen molar-refractivity contribution in [1.82, 2.24) is 19.8 Å². The highest BCUT2D eigenvalue weighted by molar-refractivity contribution is 5.44. The third kappa shape index (κ3) is 2.10. The van der Waals surface area contributed by atoms with Crippen molar-refractivity contribution in [1.29, 1.82) is 5.26 Å². The molecule has 0 spiro atoms. The minimum Gasteiger partial charge on any atom is -0.357 e. The Morgan fingerprint density at radius 3 is 3.12 bits per heavy atom. The van der Waals surface area contributed by atoms with E-state index in [0.717, 1.165) is 0 Å². The Labute approximate surface area is 97.3 Å². The van der Waals surface area contributed by atoms with Gasteiger partial charge in [-0.1, -0.05) is 0 Å². The number of aromatic amines is 1. The van der Waals surface area contributed by atoms with Gasteiger partial charge in [0.15, 0.2) is 5.65 Å². The fourth-order valence-corrected chi connectivity index (χ4v) is 1.54. The molecule has 88 valence electrons. The lowest BCUT2D eigenvalue weighted by atomic mass is 10.2. The smallest absolute Gasteiger partial charge is 0.357 e. The molecule has 0 radical (unpaired) electrons. The van der Waals surface area contributed by atoms with Gasteiger partial charge in [0.05, 0.1) is 12.0 Å². The van der Waals surface area contributed by atoms with Crippen molar-refractivity contribution >= 4 is 11.5 Å². The molecular weight excluding hydrogens is 220 g/mol. The van der Waals surface area contributed by atoms with Crippen molar-refractivity contribution in [3.63, 3.8) is 0 Å². The quantitative estimate of drug-likeness (QED) is 0.805. The summed E-state index contributed by atoms with van der Waals surface area (Å²) in [6, 6.07) is 5.62. The first-order chi connectivity index (χ1) is 8.11. The van der Waals surface area contributed by atoms with E-state index >= 15 is 0 Å². The number of nitrogens with one attached hydrogen (secondary N) is 1. The first kappa shape index (κ1) is 11.1. The number of hydrogen-bond acceptors (Lipinski definition) is 5. The molecule has 1 atom stereocenters. The molecule has 0 saturated heterocycles. The fourth-order valence-electron chi connectivity index (χ4n) is 1.54. The van der Waals surface area contributed by atoms with E-state index in [2.05, 4.69) is 21.4 Å². The number of nitrogens with zero attached hydrogens (tertiary/aromatic N) is 5. The van der Waals surface area contributed by atoms with Crippen LogP contribution in [0.1, 0.15) is 6.92 Å². The fraction of sp³-hybridized carbons (Fsp3) is 0.400. The number of hydrogen-bond donors (Lipinski definition) is 1. The van der Waals surface area contributed by atoms with Gasteiger partial charge in [-0.15, -0.1) is 5.10 Å². The lowest BCUT2D eigenvalue weighted by Crippen LogP contribution is -2.25. The summed E-state index contributed by atoms with van der Waals surface area (Å²) in [4.78, 5) is 13.2. The molecule has 1 N–H and O–H groups in total. The van der Waals surface area contributed by atoms with Crippen molar-refractivity contribution in [2.45, 2.75) is 6.92 Å². The molecule has 0 aliphatic heterocycles. The van der Waals surface area contributed by atoms with Gasteiger partial charge in [-0.05, 0) is 19.1 Å². The molecular formula is C10H12N6O. The van der Waals surface area contributed by atoms with Crippen molar-refractivity contribution in [2.75, 3.05) is 18.5 Å². The maximum Gasteiger partial charge on any atom is 0.364 e. The second kappa shape index (κ2) is 4.25. The highest BCUT2D eigenvalue weighted by atomic mass is 16.2. The van der Waals surface area contributed by atoms with Gasteiger partial charge in [0.2, 0.25) is 0 Å². The number of rotatable bonds is 3. The lowest BCUT2D eigenvalue weighted by Gasteiger charge is -2.18. The Bertz CT molecular complexity index is 621. The summed E-state index contributed by atoms with van der Waals surface area (Å²) < 4.78 is 1.20. The number of anilines is 1. The van der Waals surface area contributed by atoms with Crippen LogP contribution in [0, 0.1) is 17.2 Å². The third-order valence-electron chi connectivity index (χ3n) is 2.42. The van der Waals surface area contributed by atoms with E-state index in [0.29, 0.717) is 18.0 Å². The third-order valence-corrected chi connectivity index (χ3v) is 2.42. The van der Waals surface area contributed by atoms with Crippen LogP contribution >= 0.6 is 0 Å². The van der Waals surface area contributed by atoms with Crippen molar-refractivity contribution in [2.24, 2.45) is 5.92 Å². The van der Waals surface area contributed by atoms with Gasteiger partial charge < -0.3 is 4.90 Å². The predicted molar refractivity (Wildman–Crippen MR) is 61.7 cm³/mol. The molecule has 2 rings (SSSR count). The van der Waals surface area contributed by atoms with Gasteiger partial charge in [0, 0.05) is 13.6 Å². The zero-order valence-corrected chi connectivity index (χ0v) is 9.58. The molecule has 0 aliphatic carbocycles. The molecule has 7 nitrogen and oxygen atoms in total. The first-order valence-electron chi connectivity index (χ1n) is 5.17. The maximum absolute atomic E-state index is 11.3. The summed E-state index contributed by atoms with van der Waals surface area (Å²) in [5.41, 5.74) is 0.101. The van der Waals surface area contributed by atoms with Gasteiger partial charge in [-0.25, -0.2) is 9.89 Å². The Kier molecular flexibility index (Phi) is 2.78. The summed E-state index contributed by atoms with van der Waals surface area (Å²) in [7, 11) is 1.83. The van der Waals surface area contributed by atoms with E-state index in [1.807, 2.05) is 18.9 Å². The van der Waals surface area contributed by atoms with Gasteiger partial charge >= 0.3 is 5.69 Å². The van der Waals surface area contributed by atoms with Gasteiger partial charge in [0.25, 0.3) is 0 Å². The molecule has 2 aromatic rings. The molecule has 0 aliphatic rings. The van der Waals surface area contributed by atoms with E-state index in [1.54, 1.807) is 12.1 Å². The molecule has 0 aromatic carbocycles. The Hall–Kier alpha value is -2.36. The van der Waals surface area contributed by atoms with Gasteiger partial charge in [-0.3, -0.25) is 0 Å². The minimum absolute atomic E-state index is 0.0985. The second-order valence-corrected chi connectivity index (χ2v) is 3.90. The zero-order valence-electron chi connectivity index (χ0n) is 9.58. The SMILES string of the molecule is CC(C#N)CN(C)c1ccc2n[nH]c(=O)n2n1. The normalized spacial score (nSPS) is 12.3. The Balaban J connectivity index is 2.33. The van der Waals surface area contributed by atoms with Crippen molar-refractivity contribution in [3.05, 3.63) is 22.6 Å². The molecule has 7 heteroatoms. The number of nitriles is 1. The standard InChI is InChI=1S/C10H12N6O/c1-7(5-11)6-15(2)9-4-3-8-12-13-10(17)16(8)14-9/h3-4,7H,6H2,1-2H3,(H,13,17). The van der Waals surface area contributed by atoms with Crippen molar-refractivity contribution < 1.29 is 0 Å². The number of aromatic nitrogens is 4. The number of fused-ring (bicyclic) bond motifs is 1. The topological polar surface area (TPSA) is 90.1 Å². The lowest BCUT2D eigenvalue weighted by molar-refractivity contribution is 0.700. The van der Waals surface area contributed by atoms with Crippen molar-refractivity contribution in [3.8, 4) is 6.07 Å². The van der Waals surface area contributed by atoms with E-state index < -0.39 is 0 Å². The van der Waals surface area contributed by atoms with Gasteiger partial charge in [0.1, 0.15) is 5.82 Å². The van der Waals surface area contributed by atoms with Crippen LogP contribution in [-0.2, 0) is 0 Å². The van der Waals surface area contributed by atoms with Crippen LogP contribution in [0.25, 0.3) is 5.65 Å². The number of H-pyrrole nitrogens is 1. The first-order valence-corrected chi connectivity index (χ1v) is 5.17. The maximum atomic E-state index is 11.3. The monoisotopic (exact) mass is 232 g/mol. The van der Waals surface area contributed by atoms with Gasteiger partial charge in [-0.2, -0.15) is 14.9 Å². The van der Waals surface area contributed by atoms with Crippen LogP contribution in [0.15, 0.2) is 16.9 Å². The molecule has 2 aromatic heterocycles. The molecule has 17 heavy (non-hydrogen) atoms. The summed E-state index contributed by atoms with van der Waals surface area (Å²) in [5.74, 6) is 0.529. The molecule has 0 saturated carbocycles. The van der Waals surface area contributed by atoms with Crippen LogP contribution in [0.4, 0.5) is 5.82 Å². The summed E-state index contributed by atoms with van der Waals surface area (Å²) in [6.07, 6.45) is 0. The average Bonchev–Trinajstić information content (AvgIpc) is 2.70. The second-order valence-electron chi connectivity index (χ2n) is 3.90. The zero-order chi connectivity index (χ0) is 12.4. The minimum atomic E-state index is -0.372.